The van der Waals surface area contributed by atoms with Gasteiger partial charge in [-0.25, -0.2) is 0 Å². The summed E-state index contributed by atoms with van der Waals surface area (Å²) in [7, 11) is -1.51. The first-order valence-electron chi connectivity index (χ1n) is 8.51. The van der Waals surface area contributed by atoms with Crippen molar-refractivity contribution >= 4 is 10.2 Å². The molecule has 0 aromatic carbocycles. The first-order valence-corrected chi connectivity index (χ1v) is 9.91. The lowest BCUT2D eigenvalue weighted by Gasteiger charge is -2.35. The van der Waals surface area contributed by atoms with Crippen LogP contribution in [-0.2, 0) is 10.2 Å². The molecule has 122 valence electrons. The highest BCUT2D eigenvalue weighted by Crippen LogP contribution is 2.37. The molecule has 1 aliphatic carbocycles. The quantitative estimate of drug-likeness (QED) is 0.854. The van der Waals surface area contributed by atoms with E-state index in [1.165, 1.54) is 6.42 Å². The Bertz CT molecular complexity index is 462. The molecule has 0 aromatic rings. The maximum Gasteiger partial charge on any atom is 0.282 e. The van der Waals surface area contributed by atoms with Crippen LogP contribution in [0.1, 0.15) is 45.4 Å². The summed E-state index contributed by atoms with van der Waals surface area (Å²) in [5.41, 5.74) is 0. The van der Waals surface area contributed by atoms with Gasteiger partial charge in [-0.2, -0.15) is 17.0 Å². The largest absolute Gasteiger partial charge is 0.316 e. The topological polar surface area (TPSA) is 52.7 Å². The standard InChI is InChI=1S/C15H29N3O2S/c1-3-15-14-10-16-9-12(14)11-18(15)21(19,20)17(2)13-7-5-4-6-8-13/h12-16H,3-11H2,1-2H3. The summed E-state index contributed by atoms with van der Waals surface area (Å²) >= 11 is 0. The Morgan fingerprint density at radius 3 is 2.57 bits per heavy atom. The van der Waals surface area contributed by atoms with E-state index < -0.39 is 10.2 Å². The number of hydrogen-bond donors (Lipinski definition) is 1. The molecule has 3 unspecified atom stereocenters. The molecule has 2 saturated heterocycles. The van der Waals surface area contributed by atoms with Gasteiger partial charge in [0.05, 0.1) is 0 Å². The number of fused-ring (bicyclic) bond motifs is 1. The van der Waals surface area contributed by atoms with Gasteiger partial charge in [0.25, 0.3) is 10.2 Å². The predicted molar refractivity (Wildman–Crippen MR) is 84.2 cm³/mol. The fourth-order valence-corrected chi connectivity index (χ4v) is 6.50. The number of nitrogens with one attached hydrogen (secondary N) is 1. The first-order chi connectivity index (χ1) is 10.1. The van der Waals surface area contributed by atoms with Crippen molar-refractivity contribution in [2.75, 3.05) is 26.7 Å². The van der Waals surface area contributed by atoms with Crippen LogP contribution in [0.4, 0.5) is 0 Å². The maximum absolute atomic E-state index is 13.1. The molecule has 0 spiro atoms. The van der Waals surface area contributed by atoms with E-state index in [4.69, 9.17) is 0 Å². The predicted octanol–water partition coefficient (Wildman–Crippen LogP) is 1.43. The van der Waals surface area contributed by atoms with Crippen LogP contribution in [0.2, 0.25) is 0 Å². The van der Waals surface area contributed by atoms with E-state index in [1.54, 1.807) is 11.4 Å². The van der Waals surface area contributed by atoms with Crippen LogP contribution in [0.5, 0.6) is 0 Å². The first kappa shape index (κ1) is 15.7. The van der Waals surface area contributed by atoms with E-state index in [1.807, 2.05) is 4.31 Å². The molecule has 3 aliphatic rings. The molecular weight excluding hydrogens is 286 g/mol. The van der Waals surface area contributed by atoms with E-state index >= 15 is 0 Å². The molecule has 3 fully saturated rings. The summed E-state index contributed by atoms with van der Waals surface area (Å²) in [6.07, 6.45) is 6.54. The van der Waals surface area contributed by atoms with Crippen molar-refractivity contribution in [2.24, 2.45) is 11.8 Å². The maximum atomic E-state index is 13.1. The van der Waals surface area contributed by atoms with Crippen LogP contribution < -0.4 is 5.32 Å². The fourth-order valence-electron chi connectivity index (χ4n) is 4.55. The van der Waals surface area contributed by atoms with Crippen molar-refractivity contribution < 1.29 is 8.42 Å². The van der Waals surface area contributed by atoms with E-state index in [0.29, 0.717) is 18.4 Å². The minimum absolute atomic E-state index is 0.182. The van der Waals surface area contributed by atoms with Gasteiger partial charge in [-0.1, -0.05) is 26.2 Å². The third kappa shape index (κ3) is 2.76. The Morgan fingerprint density at radius 2 is 1.90 bits per heavy atom. The lowest BCUT2D eigenvalue weighted by molar-refractivity contribution is 0.249. The smallest absolute Gasteiger partial charge is 0.282 e. The van der Waals surface area contributed by atoms with Crippen molar-refractivity contribution in [3.63, 3.8) is 0 Å². The van der Waals surface area contributed by atoms with Gasteiger partial charge in [-0.05, 0) is 44.2 Å². The van der Waals surface area contributed by atoms with Gasteiger partial charge in [0.15, 0.2) is 0 Å². The van der Waals surface area contributed by atoms with E-state index in [2.05, 4.69) is 12.2 Å². The Balaban J connectivity index is 1.77. The average molecular weight is 315 g/mol. The van der Waals surface area contributed by atoms with Gasteiger partial charge in [-0.15, -0.1) is 0 Å². The molecule has 0 amide bonds. The van der Waals surface area contributed by atoms with Gasteiger partial charge in [0.1, 0.15) is 0 Å². The molecule has 6 heteroatoms. The Morgan fingerprint density at radius 1 is 1.19 bits per heavy atom. The second-order valence-corrected chi connectivity index (χ2v) is 8.88. The average Bonchev–Trinajstić information content (AvgIpc) is 3.07. The summed E-state index contributed by atoms with van der Waals surface area (Å²) in [4.78, 5) is 0. The Kier molecular flexibility index (Phi) is 4.60. The summed E-state index contributed by atoms with van der Waals surface area (Å²) in [5.74, 6) is 1.01. The molecule has 3 atom stereocenters. The van der Waals surface area contributed by atoms with Gasteiger partial charge < -0.3 is 5.32 Å². The molecule has 1 saturated carbocycles. The van der Waals surface area contributed by atoms with E-state index in [9.17, 15) is 8.42 Å². The molecular formula is C15H29N3O2S. The van der Waals surface area contributed by atoms with Crippen molar-refractivity contribution in [3.05, 3.63) is 0 Å². The summed E-state index contributed by atoms with van der Waals surface area (Å²) < 4.78 is 29.6. The number of nitrogens with zero attached hydrogens (tertiary/aromatic N) is 2. The van der Waals surface area contributed by atoms with Crippen LogP contribution >= 0.6 is 0 Å². The molecule has 0 aromatic heterocycles. The molecule has 3 rings (SSSR count). The van der Waals surface area contributed by atoms with Crippen LogP contribution in [-0.4, -0.2) is 55.8 Å². The highest BCUT2D eigenvalue weighted by molar-refractivity contribution is 7.86. The third-order valence-electron chi connectivity index (χ3n) is 5.84. The Labute approximate surface area is 129 Å². The number of hydrogen-bond acceptors (Lipinski definition) is 3. The number of rotatable bonds is 4. The zero-order chi connectivity index (χ0) is 15.0. The van der Waals surface area contributed by atoms with E-state index in [-0.39, 0.29) is 12.1 Å². The molecule has 0 bridgehead atoms. The van der Waals surface area contributed by atoms with Gasteiger partial charge >= 0.3 is 0 Å². The summed E-state index contributed by atoms with van der Waals surface area (Å²) in [6, 6.07) is 0.390. The molecule has 2 aliphatic heterocycles. The van der Waals surface area contributed by atoms with Gasteiger partial charge in [0.2, 0.25) is 0 Å². The molecule has 1 N–H and O–H groups in total. The van der Waals surface area contributed by atoms with Gasteiger partial charge in [0, 0.05) is 25.7 Å². The minimum atomic E-state index is -3.30. The lowest BCUT2D eigenvalue weighted by Crippen LogP contribution is -2.50. The second kappa shape index (κ2) is 6.14. The van der Waals surface area contributed by atoms with Crippen molar-refractivity contribution in [2.45, 2.75) is 57.5 Å². The van der Waals surface area contributed by atoms with Crippen molar-refractivity contribution in [1.82, 2.24) is 13.9 Å². The zero-order valence-electron chi connectivity index (χ0n) is 13.3. The van der Waals surface area contributed by atoms with Crippen LogP contribution in [0.15, 0.2) is 0 Å². The van der Waals surface area contributed by atoms with Crippen LogP contribution in [0.25, 0.3) is 0 Å². The molecule has 2 heterocycles. The fraction of sp³-hybridized carbons (Fsp3) is 1.00. The van der Waals surface area contributed by atoms with Gasteiger partial charge in [-0.3, -0.25) is 0 Å². The van der Waals surface area contributed by atoms with Crippen LogP contribution in [0.3, 0.4) is 0 Å². The van der Waals surface area contributed by atoms with Crippen LogP contribution in [0, 0.1) is 11.8 Å². The highest BCUT2D eigenvalue weighted by atomic mass is 32.2. The zero-order valence-corrected chi connectivity index (χ0v) is 14.1. The summed E-state index contributed by atoms with van der Waals surface area (Å²) in [6.45, 7) is 4.77. The second-order valence-electron chi connectivity index (χ2n) is 6.94. The highest BCUT2D eigenvalue weighted by Gasteiger charge is 2.49. The Hall–Kier alpha value is -0.170. The summed E-state index contributed by atoms with van der Waals surface area (Å²) in [5, 5.41) is 3.42. The van der Waals surface area contributed by atoms with E-state index in [0.717, 1.165) is 45.2 Å². The molecule has 0 radical (unpaired) electrons. The SMILES string of the molecule is CCC1C2CNCC2CN1S(=O)(=O)N(C)C1CCCCC1. The normalized spacial score (nSPS) is 35.5. The van der Waals surface area contributed by atoms with Crippen molar-refractivity contribution in [1.29, 1.82) is 0 Å². The molecule has 21 heavy (non-hydrogen) atoms. The monoisotopic (exact) mass is 315 g/mol. The third-order valence-corrected chi connectivity index (χ3v) is 7.88. The minimum Gasteiger partial charge on any atom is -0.316 e. The van der Waals surface area contributed by atoms with Crippen molar-refractivity contribution in [3.8, 4) is 0 Å². The lowest BCUT2D eigenvalue weighted by atomic mass is 9.93. The molecule has 5 nitrogen and oxygen atoms in total.